The van der Waals surface area contributed by atoms with Crippen molar-refractivity contribution in [3.63, 3.8) is 0 Å². The lowest BCUT2D eigenvalue weighted by molar-refractivity contribution is -0.132. The molecule has 0 saturated carbocycles. The highest BCUT2D eigenvalue weighted by Crippen LogP contribution is 2.33. The summed E-state index contributed by atoms with van der Waals surface area (Å²) in [6.07, 6.45) is 1.26. The Morgan fingerprint density at radius 2 is 1.82 bits per heavy atom. The van der Waals surface area contributed by atoms with Crippen LogP contribution in [0, 0.1) is 11.6 Å². The van der Waals surface area contributed by atoms with Gasteiger partial charge < -0.3 is 10.4 Å². The summed E-state index contributed by atoms with van der Waals surface area (Å²) in [7, 11) is 0. The summed E-state index contributed by atoms with van der Waals surface area (Å²) in [5.74, 6) is -4.31. The van der Waals surface area contributed by atoms with Crippen molar-refractivity contribution in [2.24, 2.45) is 0 Å². The number of carbonyl (C=O) groups excluding carboxylic acids is 1. The lowest BCUT2D eigenvalue weighted by Gasteiger charge is -2.06. The predicted molar refractivity (Wildman–Crippen MR) is 104 cm³/mol. The monoisotopic (exact) mass is 419 g/mol. The number of carboxylic acid groups (broad SMARTS) is 1. The summed E-state index contributed by atoms with van der Waals surface area (Å²) >= 11 is 7.44. The molecule has 1 amide bonds. The molecule has 3 rings (SSSR count). The summed E-state index contributed by atoms with van der Waals surface area (Å²) in [5, 5.41) is 12.1. The van der Waals surface area contributed by atoms with Gasteiger partial charge in [0.05, 0.1) is 5.56 Å². The van der Waals surface area contributed by atoms with Crippen LogP contribution in [-0.2, 0) is 4.79 Å². The van der Waals surface area contributed by atoms with E-state index in [9.17, 15) is 23.5 Å². The third-order valence-corrected chi connectivity index (χ3v) is 5.10. The van der Waals surface area contributed by atoms with E-state index >= 15 is 0 Å². The zero-order chi connectivity index (χ0) is 20.3. The zero-order valence-electron chi connectivity index (χ0n) is 14.1. The molecule has 2 aromatic carbocycles. The van der Waals surface area contributed by atoms with Crippen LogP contribution in [0.15, 0.2) is 60.3 Å². The normalized spacial score (nSPS) is 11.3. The molecule has 28 heavy (non-hydrogen) atoms. The van der Waals surface area contributed by atoms with Crippen molar-refractivity contribution in [2.45, 2.75) is 0 Å². The molecule has 0 atom stereocenters. The van der Waals surface area contributed by atoms with E-state index in [0.29, 0.717) is 16.0 Å². The summed E-state index contributed by atoms with van der Waals surface area (Å²) in [4.78, 5) is 25.0. The van der Waals surface area contributed by atoms with Crippen molar-refractivity contribution in [2.75, 3.05) is 0 Å². The van der Waals surface area contributed by atoms with E-state index in [1.54, 1.807) is 24.3 Å². The van der Waals surface area contributed by atoms with E-state index < -0.39 is 34.8 Å². The van der Waals surface area contributed by atoms with Gasteiger partial charge in [-0.05, 0) is 36.4 Å². The van der Waals surface area contributed by atoms with E-state index in [0.717, 1.165) is 22.6 Å². The molecule has 3 aromatic rings. The van der Waals surface area contributed by atoms with Gasteiger partial charge in [-0.25, -0.2) is 13.6 Å². The second-order valence-electron chi connectivity index (χ2n) is 5.62. The molecule has 0 aliphatic heterocycles. The number of benzene rings is 2. The van der Waals surface area contributed by atoms with Gasteiger partial charge in [0.15, 0.2) is 0 Å². The quantitative estimate of drug-likeness (QED) is 0.558. The van der Waals surface area contributed by atoms with Crippen LogP contribution in [0.3, 0.4) is 0 Å². The first-order valence-corrected chi connectivity index (χ1v) is 9.10. The van der Waals surface area contributed by atoms with E-state index in [1.165, 1.54) is 17.4 Å². The summed E-state index contributed by atoms with van der Waals surface area (Å²) in [6.45, 7) is 0. The van der Waals surface area contributed by atoms with Crippen LogP contribution >= 0.6 is 22.9 Å². The van der Waals surface area contributed by atoms with Crippen molar-refractivity contribution in [3.8, 4) is 10.4 Å². The van der Waals surface area contributed by atoms with E-state index in [1.807, 2.05) is 12.1 Å². The molecule has 1 aromatic heterocycles. The SMILES string of the molecule is O=C(O)/C(=C\c1ccc(-c2ccccc2Cl)s1)NC(=O)c1ccc(F)cc1F. The molecule has 0 aliphatic rings. The maximum atomic E-state index is 13.7. The van der Waals surface area contributed by atoms with E-state index in [-0.39, 0.29) is 0 Å². The second-order valence-corrected chi connectivity index (χ2v) is 7.15. The Bertz CT molecular complexity index is 1090. The Morgan fingerprint density at radius 3 is 2.50 bits per heavy atom. The average molecular weight is 420 g/mol. The fourth-order valence-electron chi connectivity index (χ4n) is 2.39. The number of carboxylic acids is 1. The Hall–Kier alpha value is -3.03. The number of thiophene rings is 1. The van der Waals surface area contributed by atoms with Gasteiger partial charge >= 0.3 is 5.97 Å². The van der Waals surface area contributed by atoms with Crippen LogP contribution < -0.4 is 5.32 Å². The first-order valence-electron chi connectivity index (χ1n) is 7.91. The number of amides is 1. The fourth-order valence-corrected chi connectivity index (χ4v) is 3.68. The van der Waals surface area contributed by atoms with Crippen molar-refractivity contribution < 1.29 is 23.5 Å². The van der Waals surface area contributed by atoms with E-state index in [4.69, 9.17) is 11.6 Å². The predicted octanol–water partition coefficient (Wildman–Crippen LogP) is 5.20. The number of hydrogen-bond donors (Lipinski definition) is 2. The third kappa shape index (κ3) is 4.44. The van der Waals surface area contributed by atoms with Crippen LogP contribution in [0.4, 0.5) is 8.78 Å². The van der Waals surface area contributed by atoms with Gasteiger partial charge in [-0.15, -0.1) is 11.3 Å². The van der Waals surface area contributed by atoms with Crippen LogP contribution in [-0.4, -0.2) is 17.0 Å². The molecule has 0 unspecified atom stereocenters. The molecule has 0 radical (unpaired) electrons. The van der Waals surface area contributed by atoms with Crippen LogP contribution in [0.2, 0.25) is 5.02 Å². The molecule has 0 aliphatic carbocycles. The minimum Gasteiger partial charge on any atom is -0.477 e. The van der Waals surface area contributed by atoms with Gasteiger partial charge in [-0.1, -0.05) is 29.8 Å². The first-order chi connectivity index (χ1) is 13.3. The molecular formula is C20H12ClF2NO3S. The Morgan fingerprint density at radius 1 is 1.07 bits per heavy atom. The standard InChI is InChI=1S/C20H12ClF2NO3S/c21-15-4-2-1-3-13(15)18-8-6-12(28-18)10-17(20(26)27)24-19(25)14-7-5-11(22)9-16(14)23/h1-10H,(H,24,25)(H,26,27)/b17-10+. The van der Waals surface area contributed by atoms with Gasteiger partial charge in [0.2, 0.25) is 0 Å². The summed E-state index contributed by atoms with van der Waals surface area (Å²) in [6, 6.07) is 13.1. The molecule has 8 heteroatoms. The molecule has 0 spiro atoms. The van der Waals surface area contributed by atoms with Crippen LogP contribution in [0.1, 0.15) is 15.2 Å². The average Bonchev–Trinajstić information content (AvgIpc) is 3.09. The number of hydrogen-bond acceptors (Lipinski definition) is 3. The smallest absolute Gasteiger partial charge is 0.352 e. The first kappa shape index (κ1) is 19.7. The highest BCUT2D eigenvalue weighted by Gasteiger charge is 2.17. The molecule has 0 fully saturated rings. The molecule has 142 valence electrons. The highest BCUT2D eigenvalue weighted by molar-refractivity contribution is 7.16. The van der Waals surface area contributed by atoms with E-state index in [2.05, 4.69) is 5.32 Å². The zero-order valence-corrected chi connectivity index (χ0v) is 15.7. The topological polar surface area (TPSA) is 66.4 Å². The highest BCUT2D eigenvalue weighted by atomic mass is 35.5. The minimum absolute atomic E-state index is 0.443. The van der Waals surface area contributed by atoms with Crippen LogP contribution in [0.5, 0.6) is 0 Å². The molecular weight excluding hydrogens is 408 g/mol. The number of rotatable bonds is 5. The van der Waals surface area contributed by atoms with Gasteiger partial charge in [-0.2, -0.15) is 0 Å². The maximum Gasteiger partial charge on any atom is 0.352 e. The van der Waals surface area contributed by atoms with Crippen molar-refractivity contribution in [1.82, 2.24) is 5.32 Å². The van der Waals surface area contributed by atoms with Gasteiger partial charge in [0.25, 0.3) is 5.91 Å². The molecule has 0 bridgehead atoms. The number of carbonyl (C=O) groups is 2. The Labute approximate surface area is 167 Å². The van der Waals surface area contributed by atoms with Crippen molar-refractivity contribution in [1.29, 1.82) is 0 Å². The molecule has 0 saturated heterocycles. The molecule has 2 N–H and O–H groups in total. The Balaban J connectivity index is 1.87. The minimum atomic E-state index is -1.40. The van der Waals surface area contributed by atoms with Crippen molar-refractivity contribution >= 4 is 40.9 Å². The lowest BCUT2D eigenvalue weighted by atomic mass is 10.2. The lowest BCUT2D eigenvalue weighted by Crippen LogP contribution is -2.27. The summed E-state index contributed by atoms with van der Waals surface area (Å²) < 4.78 is 26.7. The largest absolute Gasteiger partial charge is 0.477 e. The number of halogens is 3. The van der Waals surface area contributed by atoms with Crippen LogP contribution in [0.25, 0.3) is 16.5 Å². The molecule has 4 nitrogen and oxygen atoms in total. The third-order valence-electron chi connectivity index (χ3n) is 3.71. The Kier molecular flexibility index (Phi) is 5.87. The fraction of sp³-hybridized carbons (Fsp3) is 0. The second kappa shape index (κ2) is 8.33. The van der Waals surface area contributed by atoms with Gasteiger partial charge in [-0.3, -0.25) is 4.79 Å². The number of nitrogens with one attached hydrogen (secondary N) is 1. The van der Waals surface area contributed by atoms with Crippen molar-refractivity contribution in [3.05, 3.63) is 87.4 Å². The molecule has 1 heterocycles. The van der Waals surface area contributed by atoms with Gasteiger partial charge in [0.1, 0.15) is 17.3 Å². The van der Waals surface area contributed by atoms with Gasteiger partial charge in [0, 0.05) is 26.4 Å². The maximum absolute atomic E-state index is 13.7. The number of aliphatic carboxylic acids is 1. The summed E-state index contributed by atoms with van der Waals surface area (Å²) in [5.41, 5.74) is -0.110.